The zero-order valence-corrected chi connectivity index (χ0v) is 18.7. The molecule has 0 aliphatic heterocycles. The highest BCUT2D eigenvalue weighted by Gasteiger charge is 2.34. The number of hydrogen-bond donors (Lipinski definition) is 1. The van der Waals surface area contributed by atoms with Crippen LogP contribution in [0.1, 0.15) is 31.0 Å². The van der Waals surface area contributed by atoms with Gasteiger partial charge in [-0.05, 0) is 57.5 Å². The van der Waals surface area contributed by atoms with Gasteiger partial charge < -0.3 is 19.8 Å². The summed E-state index contributed by atoms with van der Waals surface area (Å²) in [5, 5.41) is 0. The molecule has 3 aromatic rings. The van der Waals surface area contributed by atoms with Gasteiger partial charge >= 0.3 is 6.18 Å². The molecule has 3 heterocycles. The fraction of sp³-hybridized carbons (Fsp3) is 0.364. The number of carbonyl (C=O) groups is 1. The molecule has 0 aromatic carbocycles. The Morgan fingerprint density at radius 3 is 2.39 bits per heavy atom. The molecule has 0 spiro atoms. The van der Waals surface area contributed by atoms with Crippen LogP contribution in [-0.2, 0) is 11.0 Å². The average Bonchev–Trinajstić information content (AvgIpc) is 3.17. The van der Waals surface area contributed by atoms with Crippen molar-refractivity contribution < 1.29 is 27.1 Å². The number of amides is 1. The molecular formula is C22H24F3N5O3. The van der Waals surface area contributed by atoms with Gasteiger partial charge in [-0.2, -0.15) is 18.2 Å². The molecule has 8 nitrogen and oxygen atoms in total. The van der Waals surface area contributed by atoms with Crippen LogP contribution in [0.25, 0.3) is 22.6 Å². The third-order valence-corrected chi connectivity index (χ3v) is 4.85. The van der Waals surface area contributed by atoms with E-state index in [0.29, 0.717) is 18.8 Å². The lowest BCUT2D eigenvalue weighted by Crippen LogP contribution is -2.34. The Morgan fingerprint density at radius 1 is 1.12 bits per heavy atom. The van der Waals surface area contributed by atoms with Crippen LogP contribution in [0, 0.1) is 13.8 Å². The second-order valence-electron chi connectivity index (χ2n) is 7.26. The third-order valence-electron chi connectivity index (χ3n) is 4.85. The molecule has 0 radical (unpaired) electrons. The summed E-state index contributed by atoms with van der Waals surface area (Å²) in [6, 6.07) is 5.62. The average molecular weight is 463 g/mol. The van der Waals surface area contributed by atoms with Crippen molar-refractivity contribution in [2.24, 2.45) is 0 Å². The Labute approximate surface area is 188 Å². The molecule has 176 valence electrons. The normalized spacial score (nSPS) is 11.5. The van der Waals surface area contributed by atoms with Crippen molar-refractivity contribution in [3.05, 3.63) is 41.4 Å². The van der Waals surface area contributed by atoms with Crippen LogP contribution in [-0.4, -0.2) is 45.5 Å². The van der Waals surface area contributed by atoms with Gasteiger partial charge in [0.05, 0.1) is 5.56 Å². The van der Waals surface area contributed by atoms with E-state index in [9.17, 15) is 18.0 Å². The lowest BCUT2D eigenvalue weighted by molar-refractivity contribution is -0.141. The molecule has 3 rings (SSSR count). The molecule has 1 amide bonds. The van der Waals surface area contributed by atoms with Crippen molar-refractivity contribution >= 4 is 11.9 Å². The molecule has 33 heavy (non-hydrogen) atoms. The maximum Gasteiger partial charge on any atom is 0.433 e. The van der Waals surface area contributed by atoms with E-state index >= 15 is 0 Å². The number of hydrogen-bond acceptors (Lipinski definition) is 7. The van der Waals surface area contributed by atoms with Gasteiger partial charge in [-0.25, -0.2) is 9.97 Å². The first-order chi connectivity index (χ1) is 15.5. The van der Waals surface area contributed by atoms with Gasteiger partial charge in [0.2, 0.25) is 11.8 Å². The minimum atomic E-state index is -4.67. The highest BCUT2D eigenvalue weighted by atomic mass is 19.4. The van der Waals surface area contributed by atoms with Gasteiger partial charge in [-0.15, -0.1) is 0 Å². The number of furan rings is 1. The number of aromatic nitrogens is 3. The van der Waals surface area contributed by atoms with E-state index in [-0.39, 0.29) is 52.6 Å². The predicted molar refractivity (Wildman–Crippen MR) is 115 cm³/mol. The summed E-state index contributed by atoms with van der Waals surface area (Å²) in [7, 11) is 0. The first kappa shape index (κ1) is 24.0. The summed E-state index contributed by atoms with van der Waals surface area (Å²) in [4.78, 5) is 25.9. The van der Waals surface area contributed by atoms with E-state index in [1.54, 1.807) is 24.0 Å². The Bertz CT molecular complexity index is 1160. The van der Waals surface area contributed by atoms with Gasteiger partial charge in [0, 0.05) is 18.8 Å². The molecule has 0 saturated heterocycles. The summed E-state index contributed by atoms with van der Waals surface area (Å²) in [6.07, 6.45) is -4.67. The van der Waals surface area contributed by atoms with Crippen LogP contribution < -0.4 is 10.5 Å². The van der Waals surface area contributed by atoms with Crippen LogP contribution in [0.5, 0.6) is 5.88 Å². The first-order valence-electron chi connectivity index (χ1n) is 10.2. The molecule has 0 aliphatic rings. The second kappa shape index (κ2) is 9.47. The number of carbonyl (C=O) groups excluding carboxylic acids is 1. The number of aryl methyl sites for hydroxylation is 2. The summed E-state index contributed by atoms with van der Waals surface area (Å²) in [5.74, 6) is 0.204. The zero-order chi connectivity index (χ0) is 24.3. The number of halogens is 3. The van der Waals surface area contributed by atoms with Crippen LogP contribution in [0.4, 0.5) is 19.1 Å². The fourth-order valence-corrected chi connectivity index (χ4v) is 3.32. The molecule has 0 saturated carbocycles. The van der Waals surface area contributed by atoms with Crippen molar-refractivity contribution in [1.29, 1.82) is 0 Å². The van der Waals surface area contributed by atoms with Crippen LogP contribution in [0.2, 0.25) is 0 Å². The minimum absolute atomic E-state index is 0.101. The summed E-state index contributed by atoms with van der Waals surface area (Å²) < 4.78 is 51.7. The second-order valence-corrected chi connectivity index (χ2v) is 7.26. The van der Waals surface area contributed by atoms with Gasteiger partial charge in [0.25, 0.3) is 5.91 Å². The molecule has 0 unspecified atom stereocenters. The van der Waals surface area contributed by atoms with E-state index in [1.165, 1.54) is 13.0 Å². The maximum atomic E-state index is 13.5. The number of nitrogen functional groups attached to an aromatic ring is 1. The maximum absolute atomic E-state index is 13.5. The van der Waals surface area contributed by atoms with Crippen molar-refractivity contribution in [1.82, 2.24) is 19.9 Å². The quantitative estimate of drug-likeness (QED) is 0.558. The fourth-order valence-electron chi connectivity index (χ4n) is 3.32. The van der Waals surface area contributed by atoms with Crippen molar-refractivity contribution in [3.8, 4) is 28.5 Å². The number of nitrogens with zero attached hydrogens (tertiary/aromatic N) is 4. The lowest BCUT2D eigenvalue weighted by atomic mass is 10.0. The minimum Gasteiger partial charge on any atom is -0.467 e. The molecular weight excluding hydrogens is 439 g/mol. The Morgan fingerprint density at radius 2 is 1.82 bits per heavy atom. The standard InChI is InChI=1S/C22H24F3N5O3/c1-5-30(6-2)17(31)11-32-20-18(14-9-12(3)27-16(10-14)22(23,24)25)19(28-21(26)29-20)15-8-7-13(4)33-15/h7-10H,5-6,11H2,1-4H3,(H2,26,28,29). The van der Waals surface area contributed by atoms with Gasteiger partial charge in [-0.3, -0.25) is 4.79 Å². The number of alkyl halides is 3. The van der Waals surface area contributed by atoms with Crippen LogP contribution in [0.3, 0.4) is 0 Å². The van der Waals surface area contributed by atoms with E-state index in [1.807, 2.05) is 13.8 Å². The van der Waals surface area contributed by atoms with Gasteiger partial charge in [-0.1, -0.05) is 0 Å². The summed E-state index contributed by atoms with van der Waals surface area (Å²) in [6.45, 7) is 7.39. The number of nitrogens with two attached hydrogens (primary N) is 1. The highest BCUT2D eigenvalue weighted by molar-refractivity contribution is 5.84. The van der Waals surface area contributed by atoms with Crippen LogP contribution >= 0.6 is 0 Å². The number of anilines is 1. The summed E-state index contributed by atoms with van der Waals surface area (Å²) >= 11 is 0. The van der Waals surface area contributed by atoms with E-state index in [2.05, 4.69) is 15.0 Å². The summed E-state index contributed by atoms with van der Waals surface area (Å²) in [5.41, 5.74) is 5.26. The molecule has 0 bridgehead atoms. The SMILES string of the molecule is CCN(CC)C(=O)COc1nc(N)nc(-c2ccc(C)o2)c1-c1cc(C)nc(C(F)(F)F)c1. The molecule has 0 atom stereocenters. The smallest absolute Gasteiger partial charge is 0.433 e. The number of likely N-dealkylation sites (N-methyl/N-ethyl adjacent to an activating group) is 1. The number of ether oxygens (including phenoxy) is 1. The Balaban J connectivity index is 2.19. The van der Waals surface area contributed by atoms with Crippen molar-refractivity contribution in [2.75, 3.05) is 25.4 Å². The van der Waals surface area contributed by atoms with Gasteiger partial charge in [0.1, 0.15) is 17.1 Å². The molecule has 11 heteroatoms. The van der Waals surface area contributed by atoms with Gasteiger partial charge in [0.15, 0.2) is 12.4 Å². The van der Waals surface area contributed by atoms with Crippen molar-refractivity contribution in [2.45, 2.75) is 33.9 Å². The predicted octanol–water partition coefficient (Wildman–Crippen LogP) is 4.26. The largest absolute Gasteiger partial charge is 0.467 e. The Hall–Kier alpha value is -3.63. The number of rotatable bonds is 7. The monoisotopic (exact) mass is 463 g/mol. The lowest BCUT2D eigenvalue weighted by Gasteiger charge is -2.20. The third kappa shape index (κ3) is 5.41. The Kier molecular flexibility index (Phi) is 6.89. The molecule has 0 aliphatic carbocycles. The van der Waals surface area contributed by atoms with E-state index < -0.39 is 11.9 Å². The van der Waals surface area contributed by atoms with Crippen molar-refractivity contribution in [3.63, 3.8) is 0 Å². The van der Waals surface area contributed by atoms with E-state index in [4.69, 9.17) is 14.9 Å². The van der Waals surface area contributed by atoms with E-state index in [0.717, 1.165) is 6.07 Å². The molecule has 2 N–H and O–H groups in total. The van der Waals surface area contributed by atoms with Crippen LogP contribution in [0.15, 0.2) is 28.7 Å². The molecule has 0 fully saturated rings. The topological polar surface area (TPSA) is 107 Å². The highest BCUT2D eigenvalue weighted by Crippen LogP contribution is 2.40. The zero-order valence-electron chi connectivity index (χ0n) is 18.7. The first-order valence-corrected chi connectivity index (χ1v) is 10.2. The molecule has 3 aromatic heterocycles. The number of pyridine rings is 1.